The lowest BCUT2D eigenvalue weighted by molar-refractivity contribution is -0.118. The monoisotopic (exact) mass is 287 g/mol. The summed E-state index contributed by atoms with van der Waals surface area (Å²) in [6.07, 6.45) is 0.199. The largest absolute Gasteiger partial charge is 0.494 e. The molecule has 0 heterocycles. The Morgan fingerprint density at radius 2 is 1.90 bits per heavy atom. The molecule has 0 radical (unpaired) electrons. The van der Waals surface area contributed by atoms with Gasteiger partial charge in [-0.25, -0.2) is 4.39 Å². The minimum absolute atomic E-state index is 0.0174. The molecule has 3 nitrogen and oxygen atoms in total. The van der Waals surface area contributed by atoms with E-state index in [1.807, 2.05) is 30.3 Å². The molecule has 2 N–H and O–H groups in total. The van der Waals surface area contributed by atoms with E-state index in [0.29, 0.717) is 5.56 Å². The molecule has 0 fully saturated rings. The zero-order valence-electron chi connectivity index (χ0n) is 11.9. The number of nitrogens with two attached hydrogens (primary N) is 1. The van der Waals surface area contributed by atoms with E-state index in [0.717, 1.165) is 5.56 Å². The first-order valence-corrected chi connectivity index (χ1v) is 6.75. The topological polar surface area (TPSA) is 52.3 Å². The molecule has 2 aromatic carbocycles. The maximum absolute atomic E-state index is 14.0. The highest BCUT2D eigenvalue weighted by Crippen LogP contribution is 2.22. The summed E-state index contributed by atoms with van der Waals surface area (Å²) in [5.74, 6) is -0.437. The number of halogens is 1. The minimum atomic E-state index is -0.485. The maximum Gasteiger partial charge on any atom is 0.168 e. The van der Waals surface area contributed by atoms with Gasteiger partial charge in [-0.1, -0.05) is 42.5 Å². The number of Topliss-reactive ketones (excluding diaryl/α,β-unsaturated/α-hetero) is 1. The van der Waals surface area contributed by atoms with E-state index in [1.54, 1.807) is 12.1 Å². The zero-order chi connectivity index (χ0) is 15.2. The highest BCUT2D eigenvalue weighted by molar-refractivity contribution is 5.81. The first-order valence-electron chi connectivity index (χ1n) is 6.75. The van der Waals surface area contributed by atoms with Gasteiger partial charge in [0, 0.05) is 18.9 Å². The van der Waals surface area contributed by atoms with E-state index in [1.165, 1.54) is 13.2 Å². The van der Waals surface area contributed by atoms with Crippen molar-refractivity contribution in [3.8, 4) is 5.75 Å². The molecule has 0 aliphatic carbocycles. The molecule has 2 rings (SSSR count). The SMILES string of the molecule is COc1cccc(CC(=O)CC(N)c2ccccc2)c1F. The Morgan fingerprint density at radius 3 is 2.57 bits per heavy atom. The third-order valence-corrected chi connectivity index (χ3v) is 3.33. The molecule has 0 bridgehead atoms. The molecule has 0 spiro atoms. The third-order valence-electron chi connectivity index (χ3n) is 3.33. The highest BCUT2D eigenvalue weighted by Gasteiger charge is 2.15. The summed E-state index contributed by atoms with van der Waals surface area (Å²) in [6, 6.07) is 13.8. The lowest BCUT2D eigenvalue weighted by Gasteiger charge is -2.12. The van der Waals surface area contributed by atoms with Crippen molar-refractivity contribution in [3.63, 3.8) is 0 Å². The van der Waals surface area contributed by atoms with Gasteiger partial charge >= 0.3 is 0 Å². The number of hydrogen-bond acceptors (Lipinski definition) is 3. The van der Waals surface area contributed by atoms with Crippen LogP contribution in [0.5, 0.6) is 5.75 Å². The van der Waals surface area contributed by atoms with Crippen molar-refractivity contribution in [1.82, 2.24) is 0 Å². The third kappa shape index (κ3) is 3.89. The average Bonchev–Trinajstić information content (AvgIpc) is 2.50. The summed E-state index contributed by atoms with van der Waals surface area (Å²) in [5.41, 5.74) is 7.24. The van der Waals surface area contributed by atoms with Crippen molar-refractivity contribution in [3.05, 3.63) is 65.5 Å². The van der Waals surface area contributed by atoms with Crippen LogP contribution in [0, 0.1) is 5.82 Å². The molecule has 1 atom stereocenters. The van der Waals surface area contributed by atoms with Crippen LogP contribution in [-0.4, -0.2) is 12.9 Å². The van der Waals surface area contributed by atoms with Gasteiger partial charge in [-0.3, -0.25) is 4.79 Å². The average molecular weight is 287 g/mol. The maximum atomic E-state index is 14.0. The smallest absolute Gasteiger partial charge is 0.168 e. The van der Waals surface area contributed by atoms with Gasteiger partial charge in [-0.15, -0.1) is 0 Å². The lowest BCUT2D eigenvalue weighted by atomic mass is 9.98. The van der Waals surface area contributed by atoms with Crippen LogP contribution in [0.15, 0.2) is 48.5 Å². The van der Waals surface area contributed by atoms with Gasteiger partial charge in [0.25, 0.3) is 0 Å². The van der Waals surface area contributed by atoms with Crippen molar-refractivity contribution in [1.29, 1.82) is 0 Å². The zero-order valence-corrected chi connectivity index (χ0v) is 11.9. The number of methoxy groups -OCH3 is 1. The van der Waals surface area contributed by atoms with Crippen LogP contribution in [0.3, 0.4) is 0 Å². The molecule has 21 heavy (non-hydrogen) atoms. The van der Waals surface area contributed by atoms with Gasteiger partial charge in [-0.2, -0.15) is 0 Å². The number of carbonyl (C=O) groups excluding carboxylic acids is 1. The predicted molar refractivity (Wildman–Crippen MR) is 79.7 cm³/mol. The van der Waals surface area contributed by atoms with Crippen LogP contribution in [0.25, 0.3) is 0 Å². The van der Waals surface area contributed by atoms with Crippen LogP contribution in [0.4, 0.5) is 4.39 Å². The summed E-state index contributed by atoms with van der Waals surface area (Å²) in [6.45, 7) is 0. The van der Waals surface area contributed by atoms with Gasteiger partial charge < -0.3 is 10.5 Å². The number of ketones is 1. The molecular weight excluding hydrogens is 269 g/mol. The van der Waals surface area contributed by atoms with Crippen LogP contribution < -0.4 is 10.5 Å². The molecule has 1 unspecified atom stereocenters. The number of benzene rings is 2. The van der Waals surface area contributed by atoms with Gasteiger partial charge in [0.15, 0.2) is 11.6 Å². The number of rotatable bonds is 6. The quantitative estimate of drug-likeness (QED) is 0.888. The second-order valence-corrected chi connectivity index (χ2v) is 4.87. The molecule has 110 valence electrons. The van der Waals surface area contributed by atoms with Gasteiger partial charge in [0.05, 0.1) is 7.11 Å². The molecule has 0 aliphatic rings. The predicted octanol–water partition coefficient (Wildman–Crippen LogP) is 3.04. The molecular formula is C17H18FNO2. The van der Waals surface area contributed by atoms with Crippen LogP contribution in [0.2, 0.25) is 0 Å². The lowest BCUT2D eigenvalue weighted by Crippen LogP contribution is -2.17. The number of carbonyl (C=O) groups is 1. The Hall–Kier alpha value is -2.20. The second kappa shape index (κ2) is 6.99. The van der Waals surface area contributed by atoms with Crippen LogP contribution in [-0.2, 0) is 11.2 Å². The van der Waals surface area contributed by atoms with E-state index in [2.05, 4.69) is 0 Å². The molecule has 4 heteroatoms. The van der Waals surface area contributed by atoms with E-state index < -0.39 is 5.82 Å². The fraction of sp³-hybridized carbons (Fsp3) is 0.235. The Bertz CT molecular complexity index is 613. The Morgan fingerprint density at radius 1 is 1.19 bits per heavy atom. The van der Waals surface area contributed by atoms with Crippen molar-refractivity contribution < 1.29 is 13.9 Å². The Balaban J connectivity index is 2.02. The van der Waals surface area contributed by atoms with E-state index in [4.69, 9.17) is 10.5 Å². The van der Waals surface area contributed by atoms with E-state index in [9.17, 15) is 9.18 Å². The van der Waals surface area contributed by atoms with Gasteiger partial charge in [0.2, 0.25) is 0 Å². The summed E-state index contributed by atoms with van der Waals surface area (Å²) in [5, 5.41) is 0. The normalized spacial score (nSPS) is 12.0. The van der Waals surface area contributed by atoms with Crippen molar-refractivity contribution in [2.75, 3.05) is 7.11 Å². The molecule has 0 aromatic heterocycles. The van der Waals surface area contributed by atoms with Crippen molar-refractivity contribution in [2.45, 2.75) is 18.9 Å². The number of hydrogen-bond donors (Lipinski definition) is 1. The summed E-state index contributed by atoms with van der Waals surface area (Å²) in [4.78, 5) is 12.1. The number of ether oxygens (including phenoxy) is 1. The minimum Gasteiger partial charge on any atom is -0.494 e. The molecule has 2 aromatic rings. The first-order chi connectivity index (χ1) is 10.1. The molecule has 0 aliphatic heterocycles. The Kier molecular flexibility index (Phi) is 5.06. The van der Waals surface area contributed by atoms with Crippen molar-refractivity contribution in [2.24, 2.45) is 5.73 Å². The molecule has 0 saturated carbocycles. The van der Waals surface area contributed by atoms with E-state index in [-0.39, 0.29) is 30.4 Å². The molecule has 0 amide bonds. The van der Waals surface area contributed by atoms with Gasteiger partial charge in [0.1, 0.15) is 5.78 Å². The van der Waals surface area contributed by atoms with E-state index >= 15 is 0 Å². The highest BCUT2D eigenvalue weighted by atomic mass is 19.1. The standard InChI is InChI=1S/C17H18FNO2/c1-21-16-9-5-8-13(17(16)18)10-14(20)11-15(19)12-6-3-2-4-7-12/h2-9,15H,10-11,19H2,1H3. The summed E-state index contributed by atoms with van der Waals surface area (Å²) in [7, 11) is 1.40. The van der Waals surface area contributed by atoms with Crippen LogP contribution in [0.1, 0.15) is 23.6 Å². The van der Waals surface area contributed by atoms with Gasteiger partial charge in [-0.05, 0) is 17.2 Å². The summed E-state index contributed by atoms with van der Waals surface area (Å²) >= 11 is 0. The molecule has 0 saturated heterocycles. The fourth-order valence-electron chi connectivity index (χ4n) is 2.20. The second-order valence-electron chi connectivity index (χ2n) is 4.87. The van der Waals surface area contributed by atoms with Crippen LogP contribution >= 0.6 is 0 Å². The fourth-order valence-corrected chi connectivity index (χ4v) is 2.20. The summed E-state index contributed by atoms with van der Waals surface area (Å²) < 4.78 is 18.9. The first kappa shape index (κ1) is 15.2. The Labute approximate surface area is 123 Å². The van der Waals surface area contributed by atoms with Crippen molar-refractivity contribution >= 4 is 5.78 Å².